The van der Waals surface area contributed by atoms with Gasteiger partial charge in [-0.3, -0.25) is 9.79 Å². The Kier molecular flexibility index (Phi) is 5.90. The van der Waals surface area contributed by atoms with Gasteiger partial charge in [0.25, 0.3) is 0 Å². The molecule has 0 fully saturated rings. The van der Waals surface area contributed by atoms with Crippen LogP contribution in [0.4, 0.5) is 0 Å². The van der Waals surface area contributed by atoms with Gasteiger partial charge in [0.15, 0.2) is 0 Å². The third kappa shape index (κ3) is 6.05. The van der Waals surface area contributed by atoms with E-state index in [-0.39, 0.29) is 5.41 Å². The number of hydrogen-bond donors (Lipinski definition) is 1. The fourth-order valence-corrected chi connectivity index (χ4v) is 1.07. The van der Waals surface area contributed by atoms with Gasteiger partial charge < -0.3 is 5.32 Å². The monoisotopic (exact) mass is 210 g/mol. The normalized spacial score (nSPS) is 13.9. The molecule has 15 heavy (non-hydrogen) atoms. The summed E-state index contributed by atoms with van der Waals surface area (Å²) in [5.41, 5.74) is 1.87. The number of aliphatic imine (C=N–C) groups is 1. The second-order valence-electron chi connectivity index (χ2n) is 4.61. The van der Waals surface area contributed by atoms with Gasteiger partial charge in [0.05, 0.1) is 0 Å². The van der Waals surface area contributed by atoms with E-state index >= 15 is 0 Å². The van der Waals surface area contributed by atoms with Crippen LogP contribution in [-0.4, -0.2) is 18.7 Å². The summed E-state index contributed by atoms with van der Waals surface area (Å²) in [6, 6.07) is 0. The van der Waals surface area contributed by atoms with Gasteiger partial charge in [-0.25, -0.2) is 0 Å². The van der Waals surface area contributed by atoms with Crippen LogP contribution < -0.4 is 5.32 Å². The largest absolute Gasteiger partial charge is 0.333 e. The molecule has 3 nitrogen and oxygen atoms in total. The highest BCUT2D eigenvalue weighted by Crippen LogP contribution is 2.18. The van der Waals surface area contributed by atoms with Crippen LogP contribution in [0.25, 0.3) is 0 Å². The van der Waals surface area contributed by atoms with E-state index in [1.54, 1.807) is 0 Å². The highest BCUT2D eigenvalue weighted by molar-refractivity contribution is 5.99. The minimum absolute atomic E-state index is 0.0149. The zero-order valence-electron chi connectivity index (χ0n) is 10.4. The maximum Gasteiger partial charge on any atom is 0.211 e. The third-order valence-electron chi connectivity index (χ3n) is 1.91. The molecular formula is C12H22N2O. The molecule has 0 aromatic rings. The lowest BCUT2D eigenvalue weighted by Crippen LogP contribution is -2.21. The summed E-state index contributed by atoms with van der Waals surface area (Å²) in [6.07, 6.45) is 3.66. The van der Waals surface area contributed by atoms with Crippen molar-refractivity contribution in [3.63, 3.8) is 0 Å². The van der Waals surface area contributed by atoms with Crippen LogP contribution in [0.2, 0.25) is 0 Å². The van der Waals surface area contributed by atoms with Gasteiger partial charge in [0, 0.05) is 23.4 Å². The molecule has 0 aliphatic carbocycles. The van der Waals surface area contributed by atoms with Gasteiger partial charge in [0.2, 0.25) is 6.41 Å². The Labute approximate surface area is 92.7 Å². The minimum Gasteiger partial charge on any atom is -0.333 e. The Morgan fingerprint density at radius 3 is 2.40 bits per heavy atom. The smallest absolute Gasteiger partial charge is 0.211 e. The van der Waals surface area contributed by atoms with Crippen LogP contribution >= 0.6 is 0 Å². The van der Waals surface area contributed by atoms with Crippen molar-refractivity contribution in [3.8, 4) is 0 Å². The number of nitrogens with zero attached hydrogens (tertiary/aromatic N) is 1. The van der Waals surface area contributed by atoms with Crippen molar-refractivity contribution in [3.05, 3.63) is 11.8 Å². The fourth-order valence-electron chi connectivity index (χ4n) is 1.07. The first-order valence-electron chi connectivity index (χ1n) is 5.35. The summed E-state index contributed by atoms with van der Waals surface area (Å²) in [7, 11) is 0. The lowest BCUT2D eigenvalue weighted by molar-refractivity contribution is -0.108. The molecule has 86 valence electrons. The maximum atomic E-state index is 10.3. The number of hydrogen-bond acceptors (Lipinski definition) is 2. The van der Waals surface area contributed by atoms with Crippen molar-refractivity contribution in [2.24, 2.45) is 10.4 Å². The summed E-state index contributed by atoms with van der Waals surface area (Å²) in [5.74, 6) is 0. The Morgan fingerprint density at radius 1 is 1.40 bits per heavy atom. The standard InChI is InChI=1S/C12H22N2O/c1-6-7-13-11(12(3,4)5)8-10(2)14-9-15/h8-9H,6-7H2,1-5H3,(H,14,15)/b10-8+,13-11?. The molecule has 0 saturated heterocycles. The second kappa shape index (κ2) is 6.38. The van der Waals surface area contributed by atoms with Crippen LogP contribution in [0.15, 0.2) is 16.8 Å². The SMILES string of the molecule is CCCN=C(/C=C(\C)NC=O)C(C)(C)C. The zero-order chi connectivity index (χ0) is 11.9. The van der Waals surface area contributed by atoms with Gasteiger partial charge in [-0.1, -0.05) is 27.7 Å². The number of allylic oxidation sites excluding steroid dienone is 2. The summed E-state index contributed by atoms with van der Waals surface area (Å²) >= 11 is 0. The first-order valence-corrected chi connectivity index (χ1v) is 5.35. The Hall–Kier alpha value is -1.12. The Balaban J connectivity index is 4.80. The van der Waals surface area contributed by atoms with Gasteiger partial charge in [0.1, 0.15) is 0 Å². The van der Waals surface area contributed by atoms with E-state index in [9.17, 15) is 4.79 Å². The van der Waals surface area contributed by atoms with Gasteiger partial charge in [-0.2, -0.15) is 0 Å². The molecule has 1 N–H and O–H groups in total. The van der Waals surface area contributed by atoms with E-state index in [4.69, 9.17) is 0 Å². The van der Waals surface area contributed by atoms with Crippen molar-refractivity contribution in [2.75, 3.05) is 6.54 Å². The highest BCUT2D eigenvalue weighted by Gasteiger charge is 2.16. The molecule has 0 rings (SSSR count). The zero-order valence-corrected chi connectivity index (χ0v) is 10.4. The average molecular weight is 210 g/mol. The quantitative estimate of drug-likeness (QED) is 0.550. The molecule has 3 heteroatoms. The predicted octanol–water partition coefficient (Wildman–Crippen LogP) is 2.53. The molecule has 0 unspecified atom stereocenters. The van der Waals surface area contributed by atoms with Crippen LogP contribution in [0.5, 0.6) is 0 Å². The number of carbonyl (C=O) groups excluding carboxylic acids is 1. The van der Waals surface area contributed by atoms with E-state index in [2.05, 4.69) is 38.0 Å². The van der Waals surface area contributed by atoms with E-state index in [1.165, 1.54) is 0 Å². The fraction of sp³-hybridized carbons (Fsp3) is 0.667. The molecule has 1 amide bonds. The van der Waals surface area contributed by atoms with Gasteiger partial charge in [-0.05, 0) is 19.4 Å². The summed E-state index contributed by atoms with van der Waals surface area (Å²) in [5, 5.41) is 2.62. The van der Waals surface area contributed by atoms with Gasteiger partial charge in [-0.15, -0.1) is 0 Å². The van der Waals surface area contributed by atoms with E-state index in [0.717, 1.165) is 24.4 Å². The number of rotatable bonds is 5. The predicted molar refractivity (Wildman–Crippen MR) is 65.0 cm³/mol. The van der Waals surface area contributed by atoms with Crippen molar-refractivity contribution in [2.45, 2.75) is 41.0 Å². The Bertz CT molecular complexity index is 259. The van der Waals surface area contributed by atoms with Crippen LogP contribution in [0.1, 0.15) is 41.0 Å². The first-order chi connectivity index (χ1) is 6.91. The number of nitrogens with one attached hydrogen (secondary N) is 1. The molecular weight excluding hydrogens is 188 g/mol. The van der Waals surface area contributed by atoms with E-state index in [0.29, 0.717) is 6.41 Å². The summed E-state index contributed by atoms with van der Waals surface area (Å²) in [6.45, 7) is 11.1. The topological polar surface area (TPSA) is 41.5 Å². The molecule has 0 aliphatic rings. The molecule has 0 spiro atoms. The van der Waals surface area contributed by atoms with E-state index < -0.39 is 0 Å². The average Bonchev–Trinajstić information content (AvgIpc) is 2.10. The number of carbonyl (C=O) groups is 1. The lowest BCUT2D eigenvalue weighted by Gasteiger charge is -2.19. The molecule has 0 bridgehead atoms. The van der Waals surface area contributed by atoms with Crippen LogP contribution in [0, 0.1) is 5.41 Å². The van der Waals surface area contributed by atoms with Crippen LogP contribution in [-0.2, 0) is 4.79 Å². The maximum absolute atomic E-state index is 10.3. The highest BCUT2D eigenvalue weighted by atomic mass is 16.1. The molecule has 0 atom stereocenters. The van der Waals surface area contributed by atoms with Crippen molar-refractivity contribution in [1.29, 1.82) is 0 Å². The molecule has 0 saturated carbocycles. The van der Waals surface area contributed by atoms with Crippen molar-refractivity contribution in [1.82, 2.24) is 5.32 Å². The molecule has 0 heterocycles. The molecule has 0 radical (unpaired) electrons. The van der Waals surface area contributed by atoms with Gasteiger partial charge >= 0.3 is 0 Å². The number of amides is 1. The summed E-state index contributed by atoms with van der Waals surface area (Å²) < 4.78 is 0. The van der Waals surface area contributed by atoms with E-state index in [1.807, 2.05) is 13.0 Å². The molecule has 0 aromatic carbocycles. The summed E-state index contributed by atoms with van der Waals surface area (Å²) in [4.78, 5) is 14.8. The second-order valence-corrected chi connectivity index (χ2v) is 4.61. The minimum atomic E-state index is 0.0149. The van der Waals surface area contributed by atoms with Crippen molar-refractivity contribution >= 4 is 12.1 Å². The first kappa shape index (κ1) is 13.9. The van der Waals surface area contributed by atoms with Crippen molar-refractivity contribution < 1.29 is 4.79 Å². The lowest BCUT2D eigenvalue weighted by atomic mass is 9.89. The molecule has 0 aromatic heterocycles. The van der Waals surface area contributed by atoms with Crippen LogP contribution in [0.3, 0.4) is 0 Å². The Morgan fingerprint density at radius 2 is 2.00 bits per heavy atom. The third-order valence-corrected chi connectivity index (χ3v) is 1.91. The molecule has 0 aliphatic heterocycles.